The second-order valence-electron chi connectivity index (χ2n) is 6.80. The molecule has 1 aromatic heterocycles. The Morgan fingerprint density at radius 2 is 2.16 bits per heavy atom. The summed E-state index contributed by atoms with van der Waals surface area (Å²) in [4.78, 5) is 14.5. The van der Waals surface area contributed by atoms with Crippen LogP contribution in [0.3, 0.4) is 0 Å². The Bertz CT molecular complexity index is 756. The number of nitrogens with one attached hydrogen (secondary N) is 1. The van der Waals surface area contributed by atoms with Gasteiger partial charge in [-0.3, -0.25) is 4.68 Å². The van der Waals surface area contributed by atoms with E-state index in [1.165, 1.54) is 5.56 Å². The Morgan fingerprint density at radius 1 is 1.40 bits per heavy atom. The van der Waals surface area contributed by atoms with Crippen molar-refractivity contribution < 1.29 is 9.90 Å². The van der Waals surface area contributed by atoms with Crippen molar-refractivity contribution in [2.75, 3.05) is 13.2 Å². The van der Waals surface area contributed by atoms with Gasteiger partial charge in [0.2, 0.25) is 0 Å². The van der Waals surface area contributed by atoms with Crippen LogP contribution in [0.2, 0.25) is 0 Å². The second-order valence-corrected chi connectivity index (χ2v) is 6.80. The molecule has 2 amide bonds. The van der Waals surface area contributed by atoms with Crippen molar-refractivity contribution in [3.8, 4) is 0 Å². The van der Waals surface area contributed by atoms with Crippen molar-refractivity contribution in [3.05, 3.63) is 52.8 Å². The number of carbonyl (C=O) groups is 1. The lowest BCUT2D eigenvalue weighted by atomic mass is 9.93. The SMILES string of the molecule is Cc1cc(C)n(C[C@@H](C)NC(=O)N2CCc3ccccc3[C@H]2CO)n1. The van der Waals surface area contributed by atoms with E-state index in [2.05, 4.69) is 16.5 Å². The predicted octanol–water partition coefficient (Wildman–Crippen LogP) is 2.19. The number of carbonyl (C=O) groups excluding carboxylic acids is 1. The maximum absolute atomic E-state index is 12.7. The van der Waals surface area contributed by atoms with Crippen molar-refractivity contribution in [2.45, 2.75) is 45.8 Å². The van der Waals surface area contributed by atoms with Crippen molar-refractivity contribution in [1.29, 1.82) is 0 Å². The Morgan fingerprint density at radius 3 is 2.84 bits per heavy atom. The topological polar surface area (TPSA) is 70.4 Å². The van der Waals surface area contributed by atoms with Crippen LogP contribution < -0.4 is 5.32 Å². The van der Waals surface area contributed by atoms with Crippen molar-refractivity contribution in [3.63, 3.8) is 0 Å². The molecule has 2 N–H and O–H groups in total. The van der Waals surface area contributed by atoms with Crippen LogP contribution in [0.25, 0.3) is 0 Å². The smallest absolute Gasteiger partial charge is 0.318 e. The quantitative estimate of drug-likeness (QED) is 0.895. The Labute approximate surface area is 148 Å². The number of aliphatic hydroxyl groups is 1. The van der Waals surface area contributed by atoms with Gasteiger partial charge in [0.25, 0.3) is 0 Å². The summed E-state index contributed by atoms with van der Waals surface area (Å²) in [5, 5.41) is 17.3. The molecule has 1 aliphatic heterocycles. The molecule has 1 aromatic carbocycles. The molecular formula is C19H26N4O2. The lowest BCUT2D eigenvalue weighted by Crippen LogP contribution is -2.49. The molecule has 0 radical (unpaired) electrons. The summed E-state index contributed by atoms with van der Waals surface area (Å²) < 4.78 is 1.91. The highest BCUT2D eigenvalue weighted by Crippen LogP contribution is 2.29. The number of aryl methyl sites for hydroxylation is 2. The summed E-state index contributed by atoms with van der Waals surface area (Å²) in [7, 11) is 0. The van der Waals surface area contributed by atoms with Gasteiger partial charge in [0.05, 0.1) is 24.9 Å². The van der Waals surface area contributed by atoms with E-state index >= 15 is 0 Å². The molecule has 0 saturated carbocycles. The fourth-order valence-electron chi connectivity index (χ4n) is 3.55. The Hall–Kier alpha value is -2.34. The number of aliphatic hydroxyl groups excluding tert-OH is 1. The zero-order chi connectivity index (χ0) is 18.0. The molecule has 1 aliphatic rings. The van der Waals surface area contributed by atoms with Gasteiger partial charge in [-0.1, -0.05) is 24.3 Å². The van der Waals surface area contributed by atoms with Crippen molar-refractivity contribution in [1.82, 2.24) is 20.0 Å². The summed E-state index contributed by atoms with van der Waals surface area (Å²) in [5.41, 5.74) is 4.31. The molecule has 2 atom stereocenters. The molecule has 3 rings (SSSR count). The molecule has 0 fully saturated rings. The molecule has 0 spiro atoms. The number of hydrogen-bond acceptors (Lipinski definition) is 3. The number of hydrogen-bond donors (Lipinski definition) is 2. The van der Waals surface area contributed by atoms with E-state index in [9.17, 15) is 9.90 Å². The number of nitrogens with zero attached hydrogens (tertiary/aromatic N) is 3. The van der Waals surface area contributed by atoms with Gasteiger partial charge in [-0.2, -0.15) is 5.10 Å². The summed E-state index contributed by atoms with van der Waals surface area (Å²) >= 11 is 0. The maximum Gasteiger partial charge on any atom is 0.318 e. The van der Waals surface area contributed by atoms with Crippen LogP contribution in [-0.2, 0) is 13.0 Å². The number of rotatable bonds is 4. The van der Waals surface area contributed by atoms with Crippen LogP contribution in [0.15, 0.2) is 30.3 Å². The minimum Gasteiger partial charge on any atom is -0.394 e. The zero-order valence-electron chi connectivity index (χ0n) is 15.1. The summed E-state index contributed by atoms with van der Waals surface area (Å²) in [6.45, 7) is 7.11. The van der Waals surface area contributed by atoms with Gasteiger partial charge in [-0.05, 0) is 44.4 Å². The molecule has 25 heavy (non-hydrogen) atoms. The predicted molar refractivity (Wildman–Crippen MR) is 96.4 cm³/mol. The first-order chi connectivity index (χ1) is 12.0. The lowest BCUT2D eigenvalue weighted by molar-refractivity contribution is 0.124. The molecule has 6 heteroatoms. The van der Waals surface area contributed by atoms with Gasteiger partial charge >= 0.3 is 6.03 Å². The molecule has 134 valence electrons. The van der Waals surface area contributed by atoms with E-state index in [1.807, 2.05) is 49.7 Å². The molecule has 0 saturated heterocycles. The first kappa shape index (κ1) is 17.5. The third-order valence-corrected chi connectivity index (χ3v) is 4.77. The number of urea groups is 1. The van der Waals surface area contributed by atoms with Crippen molar-refractivity contribution >= 4 is 6.03 Å². The van der Waals surface area contributed by atoms with E-state index in [0.29, 0.717) is 13.1 Å². The van der Waals surface area contributed by atoms with Gasteiger partial charge in [0.15, 0.2) is 0 Å². The molecular weight excluding hydrogens is 316 g/mol. The molecule has 2 heterocycles. The Kier molecular flexibility index (Phi) is 5.08. The average Bonchev–Trinajstić information content (AvgIpc) is 2.90. The zero-order valence-corrected chi connectivity index (χ0v) is 15.1. The number of benzene rings is 1. The summed E-state index contributed by atoms with van der Waals surface area (Å²) in [5.74, 6) is 0. The highest BCUT2D eigenvalue weighted by Gasteiger charge is 2.30. The minimum absolute atomic E-state index is 0.0537. The molecule has 0 unspecified atom stereocenters. The van der Waals surface area contributed by atoms with Gasteiger partial charge in [0, 0.05) is 18.3 Å². The Balaban J connectivity index is 1.67. The van der Waals surface area contributed by atoms with Crippen LogP contribution >= 0.6 is 0 Å². The monoisotopic (exact) mass is 342 g/mol. The molecule has 0 bridgehead atoms. The fraction of sp³-hybridized carbons (Fsp3) is 0.474. The number of amides is 2. The van der Waals surface area contributed by atoms with E-state index in [4.69, 9.17) is 0 Å². The van der Waals surface area contributed by atoms with Crippen LogP contribution in [0.5, 0.6) is 0 Å². The van der Waals surface area contributed by atoms with Gasteiger partial charge in [-0.25, -0.2) is 4.79 Å². The van der Waals surface area contributed by atoms with Gasteiger partial charge < -0.3 is 15.3 Å². The van der Waals surface area contributed by atoms with E-state index in [-0.39, 0.29) is 24.7 Å². The number of fused-ring (bicyclic) bond motifs is 1. The maximum atomic E-state index is 12.7. The number of aromatic nitrogens is 2. The standard InChI is InChI=1S/C19H26N4O2/c1-13-10-15(3)23(21-13)11-14(2)20-19(25)22-9-8-16-6-4-5-7-17(16)18(22)12-24/h4-7,10,14,18,24H,8-9,11-12H2,1-3H3,(H,20,25)/t14-,18-/m1/s1. The summed E-state index contributed by atoms with van der Waals surface area (Å²) in [6.07, 6.45) is 0.811. The molecule has 6 nitrogen and oxygen atoms in total. The highest BCUT2D eigenvalue weighted by atomic mass is 16.3. The van der Waals surface area contributed by atoms with Crippen LogP contribution in [0.4, 0.5) is 4.79 Å². The lowest BCUT2D eigenvalue weighted by Gasteiger charge is -2.37. The highest BCUT2D eigenvalue weighted by molar-refractivity contribution is 5.75. The normalized spacial score (nSPS) is 17.9. The van der Waals surface area contributed by atoms with Crippen LogP contribution in [-0.4, -0.2) is 45.0 Å². The van der Waals surface area contributed by atoms with Crippen LogP contribution in [0, 0.1) is 13.8 Å². The van der Waals surface area contributed by atoms with E-state index in [0.717, 1.165) is 23.4 Å². The molecule has 2 aromatic rings. The first-order valence-electron chi connectivity index (χ1n) is 8.76. The third-order valence-electron chi connectivity index (χ3n) is 4.77. The average molecular weight is 342 g/mol. The largest absolute Gasteiger partial charge is 0.394 e. The fourth-order valence-corrected chi connectivity index (χ4v) is 3.55. The van der Waals surface area contributed by atoms with Crippen molar-refractivity contribution in [2.24, 2.45) is 0 Å². The van der Waals surface area contributed by atoms with E-state index in [1.54, 1.807) is 4.90 Å². The van der Waals surface area contributed by atoms with Gasteiger partial charge in [0.1, 0.15) is 0 Å². The van der Waals surface area contributed by atoms with Crippen LogP contribution in [0.1, 0.15) is 35.5 Å². The minimum atomic E-state index is -0.286. The first-order valence-corrected chi connectivity index (χ1v) is 8.76. The van der Waals surface area contributed by atoms with E-state index < -0.39 is 0 Å². The van der Waals surface area contributed by atoms with Gasteiger partial charge in [-0.15, -0.1) is 0 Å². The third kappa shape index (κ3) is 3.69. The summed E-state index contributed by atoms with van der Waals surface area (Å²) in [6, 6.07) is 9.56. The second kappa shape index (κ2) is 7.27. The molecule has 0 aliphatic carbocycles.